The summed E-state index contributed by atoms with van der Waals surface area (Å²) in [7, 11) is 0. The van der Waals surface area contributed by atoms with Crippen LogP contribution in [0.4, 0.5) is 0 Å². The second kappa shape index (κ2) is 8.99. The molecule has 2 aliphatic rings. The summed E-state index contributed by atoms with van der Waals surface area (Å²) in [6.07, 6.45) is 23.5. The molecule has 0 bridgehead atoms. The lowest BCUT2D eigenvalue weighted by Crippen LogP contribution is -2.11. The Morgan fingerprint density at radius 3 is 0.778 bits per heavy atom. The molecular formula is C18H32. The Balaban J connectivity index is 1.83. The molecule has 18 heavy (non-hydrogen) atoms. The van der Waals surface area contributed by atoms with Gasteiger partial charge in [0.1, 0.15) is 0 Å². The predicted octanol–water partition coefficient (Wildman–Crippen LogP) is 6.40. The van der Waals surface area contributed by atoms with Gasteiger partial charge in [-0.05, 0) is 37.5 Å². The zero-order chi connectivity index (χ0) is 12.5. The van der Waals surface area contributed by atoms with Crippen molar-refractivity contribution in [2.75, 3.05) is 0 Å². The standard InChI is InChI=1S/C18H32/c1-2-6-10-14-17(13-9-5-1)18-15-11-7-3-4-8-12-16-18/h1-16H2. The first-order chi connectivity index (χ1) is 8.97. The zero-order valence-electron chi connectivity index (χ0n) is 12.3. The van der Waals surface area contributed by atoms with E-state index in [-0.39, 0.29) is 0 Å². The molecule has 0 nitrogen and oxygen atoms in total. The summed E-state index contributed by atoms with van der Waals surface area (Å²) in [5, 5.41) is 0. The van der Waals surface area contributed by atoms with Gasteiger partial charge in [0.2, 0.25) is 0 Å². The van der Waals surface area contributed by atoms with Gasteiger partial charge in [0.15, 0.2) is 0 Å². The van der Waals surface area contributed by atoms with Gasteiger partial charge in [0.25, 0.3) is 0 Å². The third-order valence-electron chi connectivity index (χ3n) is 4.91. The van der Waals surface area contributed by atoms with E-state index in [0.29, 0.717) is 0 Å². The quantitative estimate of drug-likeness (QED) is 0.503. The third-order valence-corrected chi connectivity index (χ3v) is 4.91. The lowest BCUT2D eigenvalue weighted by molar-refractivity contribution is 0.560. The number of rotatable bonds is 1. The van der Waals surface area contributed by atoms with Crippen LogP contribution in [0.5, 0.6) is 0 Å². The monoisotopic (exact) mass is 248 g/mol. The van der Waals surface area contributed by atoms with Crippen molar-refractivity contribution in [2.24, 2.45) is 0 Å². The molecule has 2 saturated carbocycles. The first kappa shape index (κ1) is 14.4. The molecule has 0 aliphatic heterocycles. The van der Waals surface area contributed by atoms with Gasteiger partial charge < -0.3 is 0 Å². The molecule has 0 N–H and O–H groups in total. The predicted molar refractivity (Wildman–Crippen MR) is 80.4 cm³/mol. The fourth-order valence-electron chi connectivity index (χ4n) is 3.72. The van der Waals surface area contributed by atoms with Crippen LogP contribution in [0.3, 0.4) is 0 Å². The van der Waals surface area contributed by atoms with E-state index in [1.165, 1.54) is 103 Å². The fourth-order valence-corrected chi connectivity index (χ4v) is 3.72. The molecule has 0 spiro atoms. The lowest BCUT2D eigenvalue weighted by atomic mass is 9.79. The molecule has 2 rings (SSSR count). The van der Waals surface area contributed by atoms with Gasteiger partial charge in [0.05, 0.1) is 0 Å². The van der Waals surface area contributed by atoms with Crippen molar-refractivity contribution in [1.29, 1.82) is 0 Å². The summed E-state index contributed by atoms with van der Waals surface area (Å²) in [6.45, 7) is 0. The van der Waals surface area contributed by atoms with Crippen LogP contribution in [0.25, 0.3) is 0 Å². The van der Waals surface area contributed by atoms with E-state index in [1.54, 1.807) is 0 Å². The molecule has 0 atom stereocenters. The normalized spacial score (nSPS) is 27.3. The second-order valence-corrected chi connectivity index (χ2v) is 6.45. The van der Waals surface area contributed by atoms with E-state index >= 15 is 0 Å². The molecule has 2 fully saturated rings. The van der Waals surface area contributed by atoms with Gasteiger partial charge in [-0.25, -0.2) is 0 Å². The van der Waals surface area contributed by atoms with Gasteiger partial charge in [-0.15, -0.1) is 0 Å². The van der Waals surface area contributed by atoms with E-state index in [0.717, 1.165) is 0 Å². The molecule has 0 aromatic heterocycles. The molecule has 0 aromatic rings. The summed E-state index contributed by atoms with van der Waals surface area (Å²) in [5.74, 6) is 3.80. The van der Waals surface area contributed by atoms with Crippen LogP contribution >= 0.6 is 0 Å². The first-order valence-electron chi connectivity index (χ1n) is 8.66. The molecule has 0 amide bonds. The smallest absolute Gasteiger partial charge is 0.0173 e. The minimum Gasteiger partial charge on any atom is -0.0533 e. The molecule has 0 unspecified atom stereocenters. The number of hydrogen-bond donors (Lipinski definition) is 0. The van der Waals surface area contributed by atoms with E-state index in [9.17, 15) is 0 Å². The molecule has 104 valence electrons. The Bertz CT molecular complexity index is 154. The Labute approximate surface area is 115 Å². The van der Waals surface area contributed by atoms with Gasteiger partial charge in [-0.1, -0.05) is 77.0 Å². The van der Waals surface area contributed by atoms with Gasteiger partial charge >= 0.3 is 0 Å². The largest absolute Gasteiger partial charge is 0.0533 e. The van der Waals surface area contributed by atoms with Gasteiger partial charge in [-0.3, -0.25) is 0 Å². The molecule has 2 aliphatic carbocycles. The Morgan fingerprint density at radius 2 is 0.500 bits per heavy atom. The summed E-state index contributed by atoms with van der Waals surface area (Å²) in [6, 6.07) is 0. The molecule has 0 aromatic carbocycles. The summed E-state index contributed by atoms with van der Waals surface area (Å²) < 4.78 is 0. The Hall–Kier alpha value is 0. The Morgan fingerprint density at radius 1 is 0.278 bits per heavy atom. The van der Waals surface area contributed by atoms with Crippen LogP contribution in [-0.2, 0) is 0 Å². The van der Waals surface area contributed by atoms with Crippen molar-refractivity contribution < 1.29 is 0 Å². The highest BCUT2D eigenvalue weighted by atomic mass is 14.3. The summed E-state index contributed by atoms with van der Waals surface area (Å²) in [4.78, 5) is 0. The van der Waals surface area contributed by atoms with E-state index in [4.69, 9.17) is 0 Å². The topological polar surface area (TPSA) is 0 Å². The maximum Gasteiger partial charge on any atom is -0.0173 e. The average Bonchev–Trinajstić information content (AvgIpc) is 2.61. The van der Waals surface area contributed by atoms with Gasteiger partial charge in [-0.2, -0.15) is 0 Å². The zero-order valence-corrected chi connectivity index (χ0v) is 12.3. The van der Waals surface area contributed by atoms with Crippen molar-refractivity contribution in [1.82, 2.24) is 0 Å². The van der Waals surface area contributed by atoms with Crippen molar-refractivity contribution in [2.45, 2.75) is 103 Å². The van der Waals surface area contributed by atoms with E-state index in [1.807, 2.05) is 11.8 Å². The maximum absolute atomic E-state index is 1.90. The lowest BCUT2D eigenvalue weighted by Gasteiger charge is -2.26. The Kier molecular flexibility index (Phi) is 7.20. The van der Waals surface area contributed by atoms with E-state index in [2.05, 4.69) is 0 Å². The highest BCUT2D eigenvalue weighted by molar-refractivity contribution is 5.16. The van der Waals surface area contributed by atoms with Crippen LogP contribution < -0.4 is 0 Å². The van der Waals surface area contributed by atoms with Crippen LogP contribution in [-0.4, -0.2) is 0 Å². The highest BCUT2D eigenvalue weighted by Gasteiger charge is 2.22. The summed E-state index contributed by atoms with van der Waals surface area (Å²) >= 11 is 0. The fraction of sp³-hybridized carbons (Fsp3) is 0.889. The SMILES string of the molecule is C1CCCC[C]([C]2CCCCCCCC2)CCC1. The van der Waals surface area contributed by atoms with Crippen molar-refractivity contribution in [3.05, 3.63) is 11.8 Å². The molecular weight excluding hydrogens is 216 g/mol. The third kappa shape index (κ3) is 5.33. The maximum atomic E-state index is 1.90. The van der Waals surface area contributed by atoms with Crippen LogP contribution in [0.1, 0.15) is 103 Å². The number of hydrogen-bond acceptors (Lipinski definition) is 0. The first-order valence-corrected chi connectivity index (χ1v) is 8.66. The molecule has 0 heterocycles. The molecule has 0 heteroatoms. The van der Waals surface area contributed by atoms with Crippen LogP contribution in [0, 0.1) is 11.8 Å². The van der Waals surface area contributed by atoms with Crippen molar-refractivity contribution >= 4 is 0 Å². The minimum atomic E-state index is 1.44. The molecule has 2 radical (unpaired) electrons. The van der Waals surface area contributed by atoms with Crippen LogP contribution in [0.15, 0.2) is 0 Å². The van der Waals surface area contributed by atoms with Crippen LogP contribution in [0.2, 0.25) is 0 Å². The van der Waals surface area contributed by atoms with Crippen molar-refractivity contribution in [3.63, 3.8) is 0 Å². The van der Waals surface area contributed by atoms with Gasteiger partial charge in [0, 0.05) is 0 Å². The second-order valence-electron chi connectivity index (χ2n) is 6.45. The molecule has 0 saturated heterocycles. The average molecular weight is 248 g/mol. The highest BCUT2D eigenvalue weighted by Crippen LogP contribution is 2.38. The summed E-state index contributed by atoms with van der Waals surface area (Å²) in [5.41, 5.74) is 0. The minimum absolute atomic E-state index is 1.44. The van der Waals surface area contributed by atoms with Crippen molar-refractivity contribution in [3.8, 4) is 0 Å². The van der Waals surface area contributed by atoms with E-state index < -0.39 is 0 Å².